The van der Waals surface area contributed by atoms with Crippen LogP contribution in [-0.4, -0.2) is 45.9 Å². The molecule has 1 fully saturated rings. The van der Waals surface area contributed by atoms with Gasteiger partial charge in [-0.1, -0.05) is 32.0 Å². The van der Waals surface area contributed by atoms with E-state index in [0.717, 1.165) is 50.2 Å². The summed E-state index contributed by atoms with van der Waals surface area (Å²) in [5.41, 5.74) is 1.50. The number of sulfonamides is 1. The Labute approximate surface area is 175 Å². The molecule has 0 aliphatic heterocycles. The second kappa shape index (κ2) is 10.3. The summed E-state index contributed by atoms with van der Waals surface area (Å²) in [6.07, 6.45) is 4.49. The van der Waals surface area contributed by atoms with Crippen LogP contribution in [0.25, 0.3) is 0 Å². The highest BCUT2D eigenvalue weighted by Crippen LogP contribution is 2.48. The van der Waals surface area contributed by atoms with Crippen LogP contribution in [0.15, 0.2) is 29.3 Å². The van der Waals surface area contributed by atoms with Crippen LogP contribution in [0.5, 0.6) is 0 Å². The fraction of sp³-hybridized carbons (Fsp3) is 0.667. The lowest BCUT2D eigenvalue weighted by Crippen LogP contribution is -2.65. The average molecular weight is 425 g/mol. The Morgan fingerprint density at radius 3 is 2.48 bits per heavy atom. The lowest BCUT2D eigenvalue weighted by molar-refractivity contribution is -0.133. The van der Waals surface area contributed by atoms with Crippen LogP contribution in [0.1, 0.15) is 52.5 Å². The van der Waals surface area contributed by atoms with Crippen molar-refractivity contribution in [3.63, 3.8) is 0 Å². The van der Waals surface area contributed by atoms with Crippen molar-refractivity contribution in [1.82, 2.24) is 10.6 Å². The highest BCUT2D eigenvalue weighted by Gasteiger charge is 2.53. The molecule has 0 saturated heterocycles. The van der Waals surface area contributed by atoms with Gasteiger partial charge in [0.05, 0.1) is 24.6 Å². The molecule has 0 heterocycles. The molecular formula is C21H36N4O3S. The van der Waals surface area contributed by atoms with Crippen LogP contribution in [0, 0.1) is 5.41 Å². The first-order valence-electron chi connectivity index (χ1n) is 10.5. The molecule has 164 valence electrons. The molecule has 3 N–H and O–H groups in total. The van der Waals surface area contributed by atoms with E-state index in [1.54, 1.807) is 6.07 Å². The number of aliphatic imine (C=N–C) groups is 1. The number of para-hydroxylation sites is 1. The zero-order valence-corrected chi connectivity index (χ0v) is 19.1. The van der Waals surface area contributed by atoms with Crippen LogP contribution >= 0.6 is 0 Å². The highest BCUT2D eigenvalue weighted by molar-refractivity contribution is 7.92. The monoisotopic (exact) mass is 424 g/mol. The van der Waals surface area contributed by atoms with Crippen LogP contribution in [0.4, 0.5) is 5.69 Å². The molecule has 1 aliphatic carbocycles. The van der Waals surface area contributed by atoms with E-state index in [2.05, 4.69) is 29.2 Å². The number of anilines is 1. The summed E-state index contributed by atoms with van der Waals surface area (Å²) in [4.78, 5) is 4.72. The van der Waals surface area contributed by atoms with Gasteiger partial charge in [-0.25, -0.2) is 13.4 Å². The van der Waals surface area contributed by atoms with E-state index in [-0.39, 0.29) is 11.5 Å². The van der Waals surface area contributed by atoms with Crippen molar-refractivity contribution in [3.8, 4) is 0 Å². The van der Waals surface area contributed by atoms with E-state index in [1.807, 2.05) is 32.0 Å². The molecule has 1 aliphatic rings. The Hall–Kier alpha value is -1.80. The Bertz CT molecular complexity index is 791. The number of hydrogen-bond acceptors (Lipinski definition) is 4. The number of nitrogens with one attached hydrogen (secondary N) is 3. The minimum absolute atomic E-state index is 0.113. The smallest absolute Gasteiger partial charge is 0.229 e. The van der Waals surface area contributed by atoms with Crippen LogP contribution < -0.4 is 15.4 Å². The lowest BCUT2D eigenvalue weighted by Gasteiger charge is -2.55. The molecule has 1 aromatic carbocycles. The number of hydrogen-bond donors (Lipinski definition) is 3. The Kier molecular flexibility index (Phi) is 8.34. The molecule has 0 spiro atoms. The van der Waals surface area contributed by atoms with Crippen molar-refractivity contribution < 1.29 is 13.2 Å². The number of benzene rings is 1. The van der Waals surface area contributed by atoms with E-state index in [4.69, 9.17) is 9.73 Å². The maximum Gasteiger partial charge on any atom is 0.229 e. The molecule has 0 radical (unpaired) electrons. The third-order valence-electron chi connectivity index (χ3n) is 5.84. The molecule has 7 nitrogen and oxygen atoms in total. The number of nitrogens with zero attached hydrogens (tertiary/aromatic N) is 1. The van der Waals surface area contributed by atoms with Gasteiger partial charge in [0, 0.05) is 24.6 Å². The first kappa shape index (κ1) is 23.5. The maximum atomic E-state index is 11.6. The summed E-state index contributed by atoms with van der Waals surface area (Å²) in [7, 11) is -3.34. The zero-order valence-electron chi connectivity index (χ0n) is 18.3. The van der Waals surface area contributed by atoms with Crippen molar-refractivity contribution >= 4 is 21.7 Å². The molecule has 2 unspecified atom stereocenters. The summed E-state index contributed by atoms with van der Waals surface area (Å²) in [5.74, 6) is 0.743. The summed E-state index contributed by atoms with van der Waals surface area (Å²) >= 11 is 0. The van der Waals surface area contributed by atoms with Gasteiger partial charge in [-0.3, -0.25) is 4.72 Å². The topological polar surface area (TPSA) is 91.8 Å². The minimum atomic E-state index is -3.34. The average Bonchev–Trinajstić information content (AvgIpc) is 2.66. The first-order valence-corrected chi connectivity index (χ1v) is 12.4. The Morgan fingerprint density at radius 1 is 1.21 bits per heavy atom. The number of rotatable bonds is 10. The molecular weight excluding hydrogens is 388 g/mol. The van der Waals surface area contributed by atoms with Gasteiger partial charge in [0.2, 0.25) is 10.0 Å². The summed E-state index contributed by atoms with van der Waals surface area (Å²) < 4.78 is 31.8. The van der Waals surface area contributed by atoms with Crippen LogP contribution in [0.3, 0.4) is 0 Å². The fourth-order valence-corrected chi connectivity index (χ4v) is 4.79. The quantitative estimate of drug-likeness (QED) is 0.396. The predicted molar refractivity (Wildman–Crippen MR) is 120 cm³/mol. The standard InChI is InChI=1S/C21H36N4O3S/c1-6-21(7-2)18(14-19(21)28-9-4)24-20(22-8-3)23-15-16-12-10-11-13-17(16)25-29(5,26)27/h10-13,18-19,25H,6-9,14-15H2,1-5H3,(H2,22,23,24). The van der Waals surface area contributed by atoms with Gasteiger partial charge in [0.1, 0.15) is 0 Å². The molecule has 1 saturated carbocycles. The number of ether oxygens (including phenoxy) is 1. The molecule has 0 amide bonds. The van der Waals surface area contributed by atoms with Gasteiger partial charge >= 0.3 is 0 Å². The lowest BCUT2D eigenvalue weighted by atomic mass is 9.58. The third kappa shape index (κ3) is 5.85. The van der Waals surface area contributed by atoms with Gasteiger partial charge in [-0.15, -0.1) is 0 Å². The predicted octanol–water partition coefficient (Wildman–Crippen LogP) is 3.10. The van der Waals surface area contributed by atoms with Crippen molar-refractivity contribution in [2.75, 3.05) is 24.1 Å². The van der Waals surface area contributed by atoms with E-state index in [0.29, 0.717) is 18.3 Å². The summed E-state index contributed by atoms with van der Waals surface area (Å²) in [5, 5.41) is 6.91. The normalized spacial score (nSPS) is 21.3. The largest absolute Gasteiger partial charge is 0.378 e. The minimum Gasteiger partial charge on any atom is -0.378 e. The van der Waals surface area contributed by atoms with Gasteiger partial charge in [-0.2, -0.15) is 0 Å². The van der Waals surface area contributed by atoms with Gasteiger partial charge in [0.15, 0.2) is 5.96 Å². The van der Waals surface area contributed by atoms with Crippen LogP contribution in [0.2, 0.25) is 0 Å². The molecule has 2 atom stereocenters. The highest BCUT2D eigenvalue weighted by atomic mass is 32.2. The van der Waals surface area contributed by atoms with Crippen LogP contribution in [-0.2, 0) is 21.3 Å². The molecule has 0 bridgehead atoms. The number of guanidine groups is 1. The van der Waals surface area contributed by atoms with Crippen molar-refractivity contribution in [2.24, 2.45) is 10.4 Å². The second-order valence-electron chi connectivity index (χ2n) is 7.54. The molecule has 2 rings (SSSR count). The van der Waals surface area contributed by atoms with Gasteiger partial charge < -0.3 is 15.4 Å². The Morgan fingerprint density at radius 2 is 1.90 bits per heavy atom. The maximum absolute atomic E-state index is 11.6. The first-order chi connectivity index (χ1) is 13.8. The zero-order chi connectivity index (χ0) is 21.5. The summed E-state index contributed by atoms with van der Waals surface area (Å²) in [6.45, 7) is 10.4. The molecule has 29 heavy (non-hydrogen) atoms. The Balaban J connectivity index is 2.16. The van der Waals surface area contributed by atoms with E-state index in [9.17, 15) is 8.42 Å². The van der Waals surface area contributed by atoms with Crippen molar-refractivity contribution in [1.29, 1.82) is 0 Å². The van der Waals surface area contributed by atoms with E-state index in [1.165, 1.54) is 0 Å². The van der Waals surface area contributed by atoms with Crippen molar-refractivity contribution in [2.45, 2.75) is 65.6 Å². The summed E-state index contributed by atoms with van der Waals surface area (Å²) in [6, 6.07) is 7.64. The van der Waals surface area contributed by atoms with E-state index >= 15 is 0 Å². The fourth-order valence-electron chi connectivity index (χ4n) is 4.19. The second-order valence-corrected chi connectivity index (χ2v) is 9.29. The van der Waals surface area contributed by atoms with Crippen molar-refractivity contribution in [3.05, 3.63) is 29.8 Å². The van der Waals surface area contributed by atoms with E-state index < -0.39 is 10.0 Å². The molecule has 8 heteroatoms. The molecule has 0 aromatic heterocycles. The molecule has 1 aromatic rings. The third-order valence-corrected chi connectivity index (χ3v) is 6.44. The SMILES string of the molecule is CCNC(=NCc1ccccc1NS(C)(=O)=O)NC1CC(OCC)C1(CC)CC. The van der Waals surface area contributed by atoms with Gasteiger partial charge in [0.25, 0.3) is 0 Å². The van der Waals surface area contributed by atoms with Gasteiger partial charge in [-0.05, 0) is 44.7 Å².